The second-order valence-electron chi connectivity index (χ2n) is 6.79. The highest BCUT2D eigenvalue weighted by Crippen LogP contribution is 2.30. The zero-order chi connectivity index (χ0) is 22.9. The summed E-state index contributed by atoms with van der Waals surface area (Å²) in [6.07, 6.45) is 0.538. The molecule has 0 aliphatic carbocycles. The fraction of sp³-hybridized carbons (Fsp3) is 0.333. The molecule has 1 aliphatic heterocycles. The van der Waals surface area contributed by atoms with Crippen LogP contribution in [0.1, 0.15) is 15.9 Å². The number of nitro groups is 1. The number of carbonyl (C=O) groups is 2. The molecule has 0 saturated heterocycles. The molecule has 1 amide bonds. The van der Waals surface area contributed by atoms with Crippen molar-refractivity contribution in [3.63, 3.8) is 0 Å². The van der Waals surface area contributed by atoms with Crippen molar-refractivity contribution < 1.29 is 33.8 Å². The molecule has 0 aromatic heterocycles. The first-order valence-corrected chi connectivity index (χ1v) is 9.93. The minimum absolute atomic E-state index is 0.100. The molecular formula is C21H23N3O8. The van der Waals surface area contributed by atoms with Gasteiger partial charge in [-0.1, -0.05) is 6.07 Å². The van der Waals surface area contributed by atoms with Crippen LogP contribution in [0.15, 0.2) is 36.4 Å². The standard InChI is InChI=1S/C21H23N3O8/c25-8-7-22-17-3-2-15(24(28)29)12-16(17)21(27)32-13-20(26)23-6-5-14-1-4-18-19(11-14)31-10-9-30-18/h1-4,11-12,22,25H,5-10,13H2,(H,23,26). The van der Waals surface area contributed by atoms with Crippen molar-refractivity contribution in [1.29, 1.82) is 0 Å². The summed E-state index contributed by atoms with van der Waals surface area (Å²) in [5.74, 6) is -0.0520. The number of rotatable bonds is 10. The maximum Gasteiger partial charge on any atom is 0.341 e. The van der Waals surface area contributed by atoms with Crippen LogP contribution in [-0.4, -0.2) is 61.4 Å². The number of hydrogen-bond donors (Lipinski definition) is 3. The number of nitrogens with one attached hydrogen (secondary N) is 2. The molecule has 0 bridgehead atoms. The van der Waals surface area contributed by atoms with Gasteiger partial charge in [0.1, 0.15) is 13.2 Å². The molecular weight excluding hydrogens is 422 g/mol. The van der Waals surface area contributed by atoms with Gasteiger partial charge in [0.15, 0.2) is 18.1 Å². The lowest BCUT2D eigenvalue weighted by molar-refractivity contribution is -0.384. The molecule has 170 valence electrons. The normalized spacial score (nSPS) is 12.0. The number of nitrogens with zero attached hydrogens (tertiary/aromatic N) is 1. The molecule has 32 heavy (non-hydrogen) atoms. The minimum atomic E-state index is -0.892. The van der Waals surface area contributed by atoms with E-state index in [1.54, 1.807) is 0 Å². The van der Waals surface area contributed by atoms with Crippen molar-refractivity contribution >= 4 is 23.3 Å². The van der Waals surface area contributed by atoms with Gasteiger partial charge in [-0.2, -0.15) is 0 Å². The molecule has 1 aliphatic rings. The van der Waals surface area contributed by atoms with Gasteiger partial charge in [0.05, 0.1) is 17.1 Å². The van der Waals surface area contributed by atoms with Crippen LogP contribution in [0.5, 0.6) is 11.5 Å². The number of carbonyl (C=O) groups excluding carboxylic acids is 2. The molecule has 11 heteroatoms. The summed E-state index contributed by atoms with van der Waals surface area (Å²) in [4.78, 5) is 34.8. The lowest BCUT2D eigenvalue weighted by Gasteiger charge is -2.18. The first-order valence-electron chi connectivity index (χ1n) is 9.93. The maximum atomic E-state index is 12.4. The Morgan fingerprint density at radius 3 is 2.62 bits per heavy atom. The number of non-ortho nitro benzene ring substituents is 1. The van der Waals surface area contributed by atoms with E-state index < -0.39 is 23.4 Å². The van der Waals surface area contributed by atoms with Gasteiger partial charge in [0.25, 0.3) is 11.6 Å². The fourth-order valence-corrected chi connectivity index (χ4v) is 3.01. The van der Waals surface area contributed by atoms with Crippen LogP contribution >= 0.6 is 0 Å². The minimum Gasteiger partial charge on any atom is -0.486 e. The van der Waals surface area contributed by atoms with E-state index in [4.69, 9.17) is 19.3 Å². The number of fused-ring (bicyclic) bond motifs is 1. The van der Waals surface area contributed by atoms with Gasteiger partial charge in [-0.3, -0.25) is 14.9 Å². The Hall–Kier alpha value is -3.86. The maximum absolute atomic E-state index is 12.4. The average molecular weight is 445 g/mol. The number of aliphatic hydroxyl groups excluding tert-OH is 1. The Kier molecular flexibility index (Phi) is 7.81. The van der Waals surface area contributed by atoms with Crippen LogP contribution in [0.2, 0.25) is 0 Å². The van der Waals surface area contributed by atoms with E-state index in [1.807, 2.05) is 18.2 Å². The fourth-order valence-electron chi connectivity index (χ4n) is 3.01. The third-order valence-corrected chi connectivity index (χ3v) is 4.54. The molecule has 11 nitrogen and oxygen atoms in total. The molecule has 3 rings (SSSR count). The number of ether oxygens (including phenoxy) is 3. The molecule has 0 fully saturated rings. The number of anilines is 1. The van der Waals surface area contributed by atoms with Crippen molar-refractivity contribution in [3.05, 3.63) is 57.6 Å². The van der Waals surface area contributed by atoms with Gasteiger partial charge in [-0.25, -0.2) is 4.79 Å². The highest BCUT2D eigenvalue weighted by atomic mass is 16.6. The molecule has 1 heterocycles. The second kappa shape index (κ2) is 11.0. The Morgan fingerprint density at radius 1 is 1.09 bits per heavy atom. The lowest BCUT2D eigenvalue weighted by Crippen LogP contribution is -2.30. The van der Waals surface area contributed by atoms with Crippen LogP contribution in [0.25, 0.3) is 0 Å². The predicted octanol–water partition coefficient (Wildman–Crippen LogP) is 1.29. The van der Waals surface area contributed by atoms with Crippen LogP contribution in [0.4, 0.5) is 11.4 Å². The van der Waals surface area contributed by atoms with Gasteiger partial charge in [-0.15, -0.1) is 0 Å². The number of amides is 1. The molecule has 0 spiro atoms. The van der Waals surface area contributed by atoms with E-state index in [0.29, 0.717) is 37.7 Å². The summed E-state index contributed by atoms with van der Waals surface area (Å²) < 4.78 is 16.0. The Morgan fingerprint density at radius 2 is 1.88 bits per heavy atom. The van der Waals surface area contributed by atoms with Crippen molar-refractivity contribution in [3.8, 4) is 11.5 Å². The number of aliphatic hydroxyl groups is 1. The monoisotopic (exact) mass is 445 g/mol. The van der Waals surface area contributed by atoms with Crippen molar-refractivity contribution in [1.82, 2.24) is 5.32 Å². The zero-order valence-electron chi connectivity index (χ0n) is 17.2. The molecule has 3 N–H and O–H groups in total. The topological polar surface area (TPSA) is 149 Å². The summed E-state index contributed by atoms with van der Waals surface area (Å²) in [5.41, 5.74) is 0.809. The van der Waals surface area contributed by atoms with Gasteiger partial charge in [0, 0.05) is 30.9 Å². The van der Waals surface area contributed by atoms with Crippen LogP contribution in [0.3, 0.4) is 0 Å². The van der Waals surface area contributed by atoms with Gasteiger partial charge >= 0.3 is 5.97 Å². The molecule has 2 aromatic carbocycles. The van der Waals surface area contributed by atoms with E-state index in [0.717, 1.165) is 11.6 Å². The van der Waals surface area contributed by atoms with Gasteiger partial charge < -0.3 is 30.0 Å². The van der Waals surface area contributed by atoms with Crippen molar-refractivity contribution in [2.45, 2.75) is 6.42 Å². The van der Waals surface area contributed by atoms with Crippen LogP contribution in [-0.2, 0) is 16.0 Å². The smallest absolute Gasteiger partial charge is 0.341 e. The van der Waals surface area contributed by atoms with Gasteiger partial charge in [0.2, 0.25) is 0 Å². The number of benzene rings is 2. The predicted molar refractivity (Wildman–Crippen MR) is 113 cm³/mol. The van der Waals surface area contributed by atoms with Crippen LogP contribution in [0, 0.1) is 10.1 Å². The first kappa shape index (κ1) is 22.8. The molecule has 0 radical (unpaired) electrons. The van der Waals surface area contributed by atoms with Crippen LogP contribution < -0.4 is 20.1 Å². The summed E-state index contributed by atoms with van der Waals surface area (Å²) in [5, 5.41) is 25.4. The zero-order valence-corrected chi connectivity index (χ0v) is 17.2. The van der Waals surface area contributed by atoms with E-state index in [2.05, 4.69) is 10.6 Å². The number of hydrogen-bond acceptors (Lipinski definition) is 9. The highest BCUT2D eigenvalue weighted by Gasteiger charge is 2.19. The SMILES string of the molecule is O=C(COC(=O)c1cc([N+](=O)[O-])ccc1NCCO)NCCc1ccc2c(c1)OCCO2. The second-order valence-corrected chi connectivity index (χ2v) is 6.79. The molecule has 0 atom stereocenters. The molecule has 0 unspecified atom stereocenters. The number of nitro benzene ring substituents is 1. The van der Waals surface area contributed by atoms with Crippen molar-refractivity contribution in [2.24, 2.45) is 0 Å². The average Bonchev–Trinajstić information content (AvgIpc) is 2.81. The highest BCUT2D eigenvalue weighted by molar-refractivity contribution is 5.97. The van der Waals surface area contributed by atoms with E-state index >= 15 is 0 Å². The third-order valence-electron chi connectivity index (χ3n) is 4.54. The number of esters is 1. The van der Waals surface area contributed by atoms with Crippen molar-refractivity contribution in [2.75, 3.05) is 44.8 Å². The lowest BCUT2D eigenvalue weighted by atomic mass is 10.1. The van der Waals surface area contributed by atoms with E-state index in [1.165, 1.54) is 12.1 Å². The largest absolute Gasteiger partial charge is 0.486 e. The summed E-state index contributed by atoms with van der Waals surface area (Å²) >= 11 is 0. The van der Waals surface area contributed by atoms with Gasteiger partial charge in [-0.05, 0) is 30.2 Å². The third kappa shape index (κ3) is 6.08. The summed E-state index contributed by atoms with van der Waals surface area (Å²) in [6.45, 7) is 0.713. The Bertz CT molecular complexity index is 995. The summed E-state index contributed by atoms with van der Waals surface area (Å²) in [7, 11) is 0. The van der Waals surface area contributed by atoms with E-state index in [-0.39, 0.29) is 30.1 Å². The first-order chi connectivity index (χ1) is 15.5. The Balaban J connectivity index is 1.50. The van der Waals surface area contributed by atoms with E-state index in [9.17, 15) is 19.7 Å². The summed E-state index contributed by atoms with van der Waals surface area (Å²) in [6, 6.07) is 9.17. The molecule has 2 aromatic rings. The Labute approximate surface area is 183 Å². The quantitative estimate of drug-likeness (QED) is 0.279. The molecule has 0 saturated carbocycles.